The molecule has 1 aliphatic heterocycles. The van der Waals surface area contributed by atoms with Crippen molar-refractivity contribution in [2.75, 3.05) is 6.61 Å². The number of allylic oxidation sites excluding steroid dienone is 1. The van der Waals surface area contributed by atoms with Crippen LogP contribution in [0.2, 0.25) is 0 Å². The van der Waals surface area contributed by atoms with Crippen molar-refractivity contribution < 1.29 is 14.3 Å². The summed E-state index contributed by atoms with van der Waals surface area (Å²) in [6.45, 7) is 4.65. The summed E-state index contributed by atoms with van der Waals surface area (Å²) in [7, 11) is 0. The van der Waals surface area contributed by atoms with Crippen molar-refractivity contribution in [3.8, 4) is 11.4 Å². The smallest absolute Gasteiger partial charge is 0.275 e. The summed E-state index contributed by atoms with van der Waals surface area (Å²) in [5.41, 5.74) is 1.12. The third kappa shape index (κ3) is 6.07. The van der Waals surface area contributed by atoms with Gasteiger partial charge in [-0.25, -0.2) is 4.68 Å². The first-order valence-corrected chi connectivity index (χ1v) is 12.6. The maximum absolute atomic E-state index is 13.3. The normalized spacial score (nSPS) is 25.1. The highest BCUT2D eigenvalue weighted by molar-refractivity contribution is 5.95. The van der Waals surface area contributed by atoms with E-state index in [0.29, 0.717) is 18.3 Å². The molecule has 2 aromatic rings. The standard InChI is InChI=1S/C27H36N4O3/c1-19(2)17-20-11-5-4-10-16-34-24-18-31(21-12-6-3-7-13-21)30-25(24)27(33)29-23-15-9-8-14-22(23)28-26(20)32/h3-4,6-7,10,12-13,18-20,22-23H,5,8-9,11,14-17H2,1-2H3,(H,28,32)(H,29,33)/b10-4+/t20?,22-,23+/m0/s1. The molecule has 2 heterocycles. The molecule has 1 aromatic heterocycles. The number of rotatable bonds is 3. The van der Waals surface area contributed by atoms with Crippen LogP contribution in [-0.2, 0) is 4.79 Å². The third-order valence-corrected chi connectivity index (χ3v) is 6.64. The Labute approximate surface area is 201 Å². The van der Waals surface area contributed by atoms with Gasteiger partial charge in [0.05, 0.1) is 11.9 Å². The van der Waals surface area contributed by atoms with Crippen molar-refractivity contribution in [2.45, 2.75) is 70.9 Å². The lowest BCUT2D eigenvalue weighted by Crippen LogP contribution is -2.54. The first kappa shape index (κ1) is 24.0. The number of aromatic nitrogens is 2. The van der Waals surface area contributed by atoms with E-state index in [1.165, 1.54) is 0 Å². The zero-order valence-electron chi connectivity index (χ0n) is 20.2. The average molecular weight is 465 g/mol. The molecule has 1 fully saturated rings. The van der Waals surface area contributed by atoms with Gasteiger partial charge in [0.25, 0.3) is 5.91 Å². The van der Waals surface area contributed by atoms with Gasteiger partial charge in [-0.2, -0.15) is 5.10 Å². The molecule has 0 bridgehead atoms. The van der Waals surface area contributed by atoms with Gasteiger partial charge in [-0.15, -0.1) is 0 Å². The van der Waals surface area contributed by atoms with Crippen LogP contribution in [0.5, 0.6) is 5.75 Å². The number of fused-ring (bicyclic) bond motifs is 2. The van der Waals surface area contributed by atoms with Gasteiger partial charge >= 0.3 is 0 Å². The Bertz CT molecular complexity index is 999. The third-order valence-electron chi connectivity index (χ3n) is 6.64. The predicted octanol–water partition coefficient (Wildman–Crippen LogP) is 4.42. The number of amides is 2. The number of carbonyl (C=O) groups is 2. The Hall–Kier alpha value is -3.09. The molecule has 182 valence electrons. The number of hydrogen-bond donors (Lipinski definition) is 2. The van der Waals surface area contributed by atoms with Gasteiger partial charge in [0, 0.05) is 18.0 Å². The Kier molecular flexibility index (Phi) is 8.03. The minimum Gasteiger partial charge on any atom is -0.485 e. The Morgan fingerprint density at radius 2 is 1.76 bits per heavy atom. The van der Waals surface area contributed by atoms with Crippen molar-refractivity contribution >= 4 is 11.8 Å². The molecule has 0 spiro atoms. The van der Waals surface area contributed by atoms with Gasteiger partial charge < -0.3 is 15.4 Å². The quantitative estimate of drug-likeness (QED) is 0.659. The number of hydrogen-bond acceptors (Lipinski definition) is 4. The summed E-state index contributed by atoms with van der Waals surface area (Å²) >= 11 is 0. The van der Waals surface area contributed by atoms with Gasteiger partial charge in [-0.05, 0) is 50.2 Å². The maximum Gasteiger partial charge on any atom is 0.275 e. The van der Waals surface area contributed by atoms with Crippen LogP contribution >= 0.6 is 0 Å². The number of nitrogens with zero attached hydrogens (tertiary/aromatic N) is 2. The largest absolute Gasteiger partial charge is 0.485 e. The Morgan fingerprint density at radius 1 is 1.03 bits per heavy atom. The molecule has 1 unspecified atom stereocenters. The lowest BCUT2D eigenvalue weighted by atomic mass is 9.88. The van der Waals surface area contributed by atoms with E-state index in [0.717, 1.165) is 50.6 Å². The minimum absolute atomic E-state index is 0.0279. The van der Waals surface area contributed by atoms with E-state index in [1.807, 2.05) is 36.4 Å². The molecule has 0 saturated heterocycles. The molecule has 34 heavy (non-hydrogen) atoms. The van der Waals surface area contributed by atoms with Crippen LogP contribution < -0.4 is 15.4 Å². The SMILES string of the molecule is CC(C)CC1CC/C=C/COc2cn(-c3ccccc3)nc2C(=O)N[C@@H]2CCCC[C@@H]2NC1=O. The summed E-state index contributed by atoms with van der Waals surface area (Å²) < 4.78 is 7.65. The molecular formula is C27H36N4O3. The van der Waals surface area contributed by atoms with Crippen LogP contribution in [0.4, 0.5) is 0 Å². The summed E-state index contributed by atoms with van der Waals surface area (Å²) in [4.78, 5) is 26.5. The molecule has 7 nitrogen and oxygen atoms in total. The Balaban J connectivity index is 1.61. The Morgan fingerprint density at radius 3 is 2.50 bits per heavy atom. The molecule has 2 amide bonds. The minimum atomic E-state index is -0.270. The number of benzene rings is 1. The molecular weight excluding hydrogens is 428 g/mol. The molecule has 7 heteroatoms. The molecule has 0 radical (unpaired) electrons. The van der Waals surface area contributed by atoms with E-state index in [4.69, 9.17) is 4.74 Å². The van der Waals surface area contributed by atoms with E-state index >= 15 is 0 Å². The number of nitrogens with one attached hydrogen (secondary N) is 2. The second kappa shape index (κ2) is 11.4. The summed E-state index contributed by atoms with van der Waals surface area (Å²) in [5.74, 6) is 0.709. The fourth-order valence-corrected chi connectivity index (χ4v) is 4.89. The first-order chi connectivity index (χ1) is 16.5. The second-order valence-electron chi connectivity index (χ2n) is 9.79. The van der Waals surface area contributed by atoms with E-state index in [9.17, 15) is 9.59 Å². The highest BCUT2D eigenvalue weighted by Crippen LogP contribution is 2.25. The van der Waals surface area contributed by atoms with E-state index in [1.54, 1.807) is 10.9 Å². The van der Waals surface area contributed by atoms with Crippen LogP contribution in [0, 0.1) is 11.8 Å². The summed E-state index contributed by atoms with van der Waals surface area (Å²) in [6.07, 6.45) is 12.0. The highest BCUT2D eigenvalue weighted by Gasteiger charge is 2.32. The molecule has 3 atom stereocenters. The highest BCUT2D eigenvalue weighted by atomic mass is 16.5. The van der Waals surface area contributed by atoms with Crippen LogP contribution in [0.25, 0.3) is 5.69 Å². The molecule has 2 aliphatic rings. The van der Waals surface area contributed by atoms with Crippen molar-refractivity contribution in [1.29, 1.82) is 0 Å². The van der Waals surface area contributed by atoms with Crippen molar-refractivity contribution in [3.05, 3.63) is 54.4 Å². The van der Waals surface area contributed by atoms with Gasteiger partial charge in [0.1, 0.15) is 6.61 Å². The fourth-order valence-electron chi connectivity index (χ4n) is 4.89. The first-order valence-electron chi connectivity index (χ1n) is 12.6. The molecule has 1 aliphatic carbocycles. The summed E-state index contributed by atoms with van der Waals surface area (Å²) in [5, 5.41) is 11.0. The van der Waals surface area contributed by atoms with Gasteiger partial charge in [-0.3, -0.25) is 9.59 Å². The second-order valence-corrected chi connectivity index (χ2v) is 9.79. The zero-order valence-corrected chi connectivity index (χ0v) is 20.2. The zero-order chi connectivity index (χ0) is 23.9. The average Bonchev–Trinajstić information content (AvgIpc) is 3.26. The lowest BCUT2D eigenvalue weighted by Gasteiger charge is -2.34. The topological polar surface area (TPSA) is 85.2 Å². The van der Waals surface area contributed by atoms with Crippen LogP contribution in [0.15, 0.2) is 48.7 Å². The molecule has 1 aromatic carbocycles. The van der Waals surface area contributed by atoms with Gasteiger partial charge in [-0.1, -0.05) is 57.0 Å². The number of para-hydroxylation sites is 1. The monoisotopic (exact) mass is 464 g/mol. The van der Waals surface area contributed by atoms with E-state index in [2.05, 4.69) is 35.7 Å². The predicted molar refractivity (Wildman–Crippen MR) is 132 cm³/mol. The van der Waals surface area contributed by atoms with Gasteiger partial charge in [0.15, 0.2) is 11.4 Å². The molecule has 4 rings (SSSR count). The lowest BCUT2D eigenvalue weighted by molar-refractivity contribution is -0.126. The van der Waals surface area contributed by atoms with Gasteiger partial charge in [0.2, 0.25) is 5.91 Å². The van der Waals surface area contributed by atoms with E-state index < -0.39 is 0 Å². The maximum atomic E-state index is 13.3. The number of carbonyl (C=O) groups excluding carboxylic acids is 2. The molecule has 1 saturated carbocycles. The van der Waals surface area contributed by atoms with Crippen LogP contribution in [0.1, 0.15) is 69.3 Å². The number of ether oxygens (including phenoxy) is 1. The van der Waals surface area contributed by atoms with E-state index in [-0.39, 0.29) is 35.5 Å². The van der Waals surface area contributed by atoms with Crippen LogP contribution in [0.3, 0.4) is 0 Å². The molecule has 2 N–H and O–H groups in total. The summed E-state index contributed by atoms with van der Waals surface area (Å²) in [6, 6.07) is 9.48. The van der Waals surface area contributed by atoms with Crippen molar-refractivity contribution in [3.63, 3.8) is 0 Å². The van der Waals surface area contributed by atoms with Crippen molar-refractivity contribution in [1.82, 2.24) is 20.4 Å². The van der Waals surface area contributed by atoms with Crippen LogP contribution in [-0.4, -0.2) is 40.3 Å². The fraction of sp³-hybridized carbons (Fsp3) is 0.519. The van der Waals surface area contributed by atoms with Crippen molar-refractivity contribution in [2.24, 2.45) is 11.8 Å².